The number of hydrogen-bond acceptors (Lipinski definition) is 8. The van der Waals surface area contributed by atoms with Crippen molar-refractivity contribution >= 4 is 5.78 Å². The first kappa shape index (κ1) is 19.6. The van der Waals surface area contributed by atoms with E-state index in [1.807, 2.05) is 0 Å². The number of Topliss-reactive ketones (excluding diaryl/α,β-unsaturated/α-hetero) is 1. The molecule has 0 amide bonds. The van der Waals surface area contributed by atoms with Gasteiger partial charge in [-0.2, -0.15) is 0 Å². The molecule has 1 aliphatic rings. The first-order valence-electron chi connectivity index (χ1n) is 8.44. The number of methoxy groups -OCH3 is 5. The fourth-order valence-electron chi connectivity index (χ4n) is 3.23. The smallest absolute Gasteiger partial charge is 0.204 e. The van der Waals surface area contributed by atoms with E-state index in [4.69, 9.17) is 28.4 Å². The van der Waals surface area contributed by atoms with Crippen molar-refractivity contribution in [2.24, 2.45) is 0 Å². The molecule has 0 saturated carbocycles. The largest absolute Gasteiger partial charge is 0.493 e. The minimum Gasteiger partial charge on any atom is -0.493 e. The molecule has 2 atom stereocenters. The average Bonchev–Trinajstić information content (AvgIpc) is 2.73. The molecule has 0 bridgehead atoms. The number of hydrogen-bond donors (Lipinski definition) is 1. The van der Waals surface area contributed by atoms with Crippen molar-refractivity contribution in [2.45, 2.75) is 12.2 Å². The second-order valence-corrected chi connectivity index (χ2v) is 5.98. The number of benzene rings is 2. The highest BCUT2D eigenvalue weighted by Gasteiger charge is 2.41. The molecule has 3 rings (SSSR count). The molecule has 0 aliphatic carbocycles. The van der Waals surface area contributed by atoms with Crippen molar-refractivity contribution in [3.63, 3.8) is 0 Å². The molecule has 2 aromatic carbocycles. The fourth-order valence-corrected chi connectivity index (χ4v) is 3.23. The van der Waals surface area contributed by atoms with E-state index in [-0.39, 0.29) is 22.8 Å². The fraction of sp³-hybridized carbons (Fsp3) is 0.350. The van der Waals surface area contributed by atoms with Crippen molar-refractivity contribution in [3.05, 3.63) is 35.4 Å². The van der Waals surface area contributed by atoms with Crippen LogP contribution in [0.4, 0.5) is 0 Å². The van der Waals surface area contributed by atoms with Crippen molar-refractivity contribution in [1.82, 2.24) is 0 Å². The minimum absolute atomic E-state index is 0.101. The highest BCUT2D eigenvalue weighted by Crippen LogP contribution is 2.49. The Kier molecular flexibility index (Phi) is 5.51. The molecule has 1 aliphatic heterocycles. The molecule has 0 radical (unpaired) electrons. The van der Waals surface area contributed by atoms with Crippen molar-refractivity contribution in [2.75, 3.05) is 35.5 Å². The summed E-state index contributed by atoms with van der Waals surface area (Å²) < 4.78 is 32.5. The van der Waals surface area contributed by atoms with Gasteiger partial charge in [0.25, 0.3) is 0 Å². The van der Waals surface area contributed by atoms with Crippen molar-refractivity contribution in [1.29, 1.82) is 0 Å². The van der Waals surface area contributed by atoms with Gasteiger partial charge in [0.1, 0.15) is 11.3 Å². The third-order valence-corrected chi connectivity index (χ3v) is 4.59. The van der Waals surface area contributed by atoms with E-state index in [2.05, 4.69) is 0 Å². The Morgan fingerprint density at radius 3 is 2.04 bits per heavy atom. The van der Waals surface area contributed by atoms with Crippen LogP contribution in [0.5, 0.6) is 34.5 Å². The molecule has 0 fully saturated rings. The SMILES string of the molecule is COc1ccc([C@@H]2Oc3cc(OC)c(OC)c(OC)c3C(=O)[C@@H]2O)cc1OC. The third-order valence-electron chi connectivity index (χ3n) is 4.59. The summed E-state index contributed by atoms with van der Waals surface area (Å²) in [7, 11) is 7.33. The maximum Gasteiger partial charge on any atom is 0.204 e. The molecule has 0 aromatic heterocycles. The van der Waals surface area contributed by atoms with Crippen LogP contribution in [0.15, 0.2) is 24.3 Å². The predicted molar refractivity (Wildman–Crippen MR) is 99.4 cm³/mol. The van der Waals surface area contributed by atoms with Crippen LogP contribution in [0, 0.1) is 0 Å². The minimum atomic E-state index is -1.45. The van der Waals surface area contributed by atoms with Crippen LogP contribution >= 0.6 is 0 Å². The third kappa shape index (κ3) is 3.05. The first-order chi connectivity index (χ1) is 13.5. The normalized spacial score (nSPS) is 18.0. The number of ketones is 1. The Labute approximate surface area is 162 Å². The van der Waals surface area contributed by atoms with E-state index < -0.39 is 18.0 Å². The lowest BCUT2D eigenvalue weighted by molar-refractivity contribution is 0.0208. The van der Waals surface area contributed by atoms with E-state index >= 15 is 0 Å². The van der Waals surface area contributed by atoms with Gasteiger partial charge < -0.3 is 33.5 Å². The van der Waals surface area contributed by atoms with Gasteiger partial charge in [0, 0.05) is 6.07 Å². The Morgan fingerprint density at radius 2 is 1.46 bits per heavy atom. The van der Waals surface area contributed by atoms with Gasteiger partial charge in [0.05, 0.1) is 35.5 Å². The molecule has 8 heteroatoms. The summed E-state index contributed by atoms with van der Waals surface area (Å²) in [4.78, 5) is 13.0. The summed E-state index contributed by atoms with van der Waals surface area (Å²) in [6, 6.07) is 6.57. The molecular formula is C20H22O8. The van der Waals surface area contributed by atoms with Crippen LogP contribution in [-0.2, 0) is 0 Å². The van der Waals surface area contributed by atoms with Gasteiger partial charge in [0.15, 0.2) is 35.2 Å². The standard InChI is InChI=1S/C20H22O8/c1-23-11-7-6-10(8-12(11)24-2)18-17(22)16(21)15-13(28-18)9-14(25-3)19(26-4)20(15)27-5/h6-9,17-18,22H,1-5H3/t17-,18-/m0/s1. The average molecular weight is 390 g/mol. The Balaban J connectivity index is 2.12. The highest BCUT2D eigenvalue weighted by molar-refractivity contribution is 6.06. The Hall–Kier alpha value is -3.13. The summed E-state index contributed by atoms with van der Waals surface area (Å²) in [6.45, 7) is 0. The maximum atomic E-state index is 13.0. The van der Waals surface area contributed by atoms with Crippen LogP contribution in [0.3, 0.4) is 0 Å². The molecular weight excluding hydrogens is 368 g/mol. The molecule has 0 saturated heterocycles. The second kappa shape index (κ2) is 7.85. The molecule has 0 spiro atoms. The Bertz CT molecular complexity index is 892. The lowest BCUT2D eigenvalue weighted by atomic mass is 9.92. The van der Waals surface area contributed by atoms with E-state index in [1.165, 1.54) is 41.6 Å². The molecule has 1 N–H and O–H groups in total. The lowest BCUT2D eigenvalue weighted by Gasteiger charge is -2.31. The monoisotopic (exact) mass is 390 g/mol. The molecule has 8 nitrogen and oxygen atoms in total. The summed E-state index contributed by atoms with van der Waals surface area (Å²) in [5, 5.41) is 10.7. The number of carbonyl (C=O) groups is 1. The van der Waals surface area contributed by atoms with E-state index in [0.29, 0.717) is 22.8 Å². The van der Waals surface area contributed by atoms with Crippen molar-refractivity contribution in [3.8, 4) is 34.5 Å². The number of ether oxygens (including phenoxy) is 6. The van der Waals surface area contributed by atoms with Gasteiger partial charge in [0.2, 0.25) is 11.5 Å². The zero-order valence-corrected chi connectivity index (χ0v) is 16.3. The number of fused-ring (bicyclic) bond motifs is 1. The van der Waals surface area contributed by atoms with Gasteiger partial charge in [-0.1, -0.05) is 6.07 Å². The maximum absolute atomic E-state index is 13.0. The first-order valence-corrected chi connectivity index (χ1v) is 8.44. The summed E-state index contributed by atoms with van der Waals surface area (Å²) in [5.74, 6) is 1.40. The van der Waals surface area contributed by atoms with Crippen LogP contribution in [0.25, 0.3) is 0 Å². The number of carbonyl (C=O) groups excluding carboxylic acids is 1. The van der Waals surface area contributed by atoms with Crippen LogP contribution in [0.1, 0.15) is 22.0 Å². The van der Waals surface area contributed by atoms with Crippen LogP contribution < -0.4 is 28.4 Å². The van der Waals surface area contributed by atoms with Crippen molar-refractivity contribution < 1.29 is 38.3 Å². The van der Waals surface area contributed by atoms with E-state index in [1.54, 1.807) is 18.2 Å². The molecule has 1 heterocycles. The second-order valence-electron chi connectivity index (χ2n) is 5.98. The zero-order chi connectivity index (χ0) is 20.4. The molecule has 2 aromatic rings. The van der Waals surface area contributed by atoms with E-state index in [9.17, 15) is 9.90 Å². The summed E-state index contributed by atoms with van der Waals surface area (Å²) >= 11 is 0. The summed E-state index contributed by atoms with van der Waals surface area (Å²) in [6.07, 6.45) is -2.39. The topological polar surface area (TPSA) is 92.7 Å². The highest BCUT2D eigenvalue weighted by atomic mass is 16.5. The quantitative estimate of drug-likeness (QED) is 0.804. The molecule has 28 heavy (non-hydrogen) atoms. The number of aliphatic hydroxyl groups excluding tert-OH is 1. The predicted octanol–water partition coefficient (Wildman–Crippen LogP) is 2.41. The van der Waals surface area contributed by atoms with Gasteiger partial charge in [-0.05, 0) is 17.7 Å². The van der Waals surface area contributed by atoms with Gasteiger partial charge >= 0.3 is 0 Å². The van der Waals surface area contributed by atoms with Gasteiger partial charge in [-0.15, -0.1) is 0 Å². The molecule has 150 valence electrons. The Morgan fingerprint density at radius 1 is 0.821 bits per heavy atom. The van der Waals surface area contributed by atoms with Gasteiger partial charge in [-0.3, -0.25) is 4.79 Å². The van der Waals surface area contributed by atoms with E-state index in [0.717, 1.165) is 0 Å². The lowest BCUT2D eigenvalue weighted by Crippen LogP contribution is -2.36. The zero-order valence-electron chi connectivity index (χ0n) is 16.3. The number of rotatable bonds is 6. The number of aliphatic hydroxyl groups is 1. The van der Waals surface area contributed by atoms with Crippen LogP contribution in [0.2, 0.25) is 0 Å². The summed E-state index contributed by atoms with van der Waals surface area (Å²) in [5.41, 5.74) is 0.655. The molecule has 0 unspecified atom stereocenters. The van der Waals surface area contributed by atoms with Gasteiger partial charge in [-0.25, -0.2) is 0 Å². The van der Waals surface area contributed by atoms with Crippen LogP contribution in [-0.4, -0.2) is 52.5 Å².